The zero-order chi connectivity index (χ0) is 19.2. The molecule has 0 fully saturated rings. The molecule has 1 unspecified atom stereocenters. The fourth-order valence-electron chi connectivity index (χ4n) is 2.98. The van der Waals surface area contributed by atoms with Crippen LogP contribution in [0.3, 0.4) is 0 Å². The molecule has 0 aliphatic rings. The van der Waals surface area contributed by atoms with E-state index in [1.54, 1.807) is 0 Å². The standard InChI is InChI=1S/C23H32O2S/c1-6-18(21-9-8-14-26-21)12-10-17-11-13-20(19(7-2)15-17)25-16-22(24)23(3,4)5/h8-9,11,13-15,18H,6-7,10,12,16H2,1-5H3. The summed E-state index contributed by atoms with van der Waals surface area (Å²) < 4.78 is 5.83. The molecule has 2 aromatic rings. The second kappa shape index (κ2) is 9.36. The van der Waals surface area contributed by atoms with E-state index in [0.29, 0.717) is 5.92 Å². The molecular formula is C23H32O2S. The Morgan fingerprint density at radius 1 is 1.19 bits per heavy atom. The van der Waals surface area contributed by atoms with Crippen LogP contribution in [0.4, 0.5) is 0 Å². The van der Waals surface area contributed by atoms with E-state index in [-0.39, 0.29) is 17.8 Å². The van der Waals surface area contributed by atoms with E-state index < -0.39 is 0 Å². The molecule has 0 N–H and O–H groups in total. The summed E-state index contributed by atoms with van der Waals surface area (Å²) in [6.07, 6.45) is 4.33. The molecule has 0 saturated heterocycles. The van der Waals surface area contributed by atoms with E-state index in [4.69, 9.17) is 4.74 Å². The minimum Gasteiger partial charge on any atom is -0.486 e. The third-order valence-corrected chi connectivity index (χ3v) is 5.96. The van der Waals surface area contributed by atoms with Crippen LogP contribution >= 0.6 is 11.3 Å². The van der Waals surface area contributed by atoms with Gasteiger partial charge in [-0.05, 0) is 60.2 Å². The van der Waals surface area contributed by atoms with Crippen LogP contribution < -0.4 is 4.74 Å². The zero-order valence-corrected chi connectivity index (χ0v) is 17.6. The lowest BCUT2D eigenvalue weighted by Crippen LogP contribution is -2.26. The summed E-state index contributed by atoms with van der Waals surface area (Å²) in [5.74, 6) is 1.62. The average molecular weight is 373 g/mol. The summed E-state index contributed by atoms with van der Waals surface area (Å²) in [5.41, 5.74) is 2.18. The number of thiophene rings is 1. The second-order valence-corrected chi connectivity index (χ2v) is 8.90. The Hall–Kier alpha value is -1.61. The van der Waals surface area contributed by atoms with Gasteiger partial charge in [-0.1, -0.05) is 52.8 Å². The predicted octanol–water partition coefficient (Wildman–Crippen LogP) is 6.43. The van der Waals surface area contributed by atoms with Gasteiger partial charge in [-0.3, -0.25) is 4.79 Å². The van der Waals surface area contributed by atoms with Crippen LogP contribution in [0.5, 0.6) is 5.75 Å². The highest BCUT2D eigenvalue weighted by molar-refractivity contribution is 7.10. The molecule has 0 spiro atoms. The van der Waals surface area contributed by atoms with Crippen molar-refractivity contribution in [3.05, 3.63) is 51.7 Å². The molecule has 1 aromatic heterocycles. The number of hydrogen-bond acceptors (Lipinski definition) is 3. The van der Waals surface area contributed by atoms with Crippen molar-refractivity contribution in [1.82, 2.24) is 0 Å². The molecular weight excluding hydrogens is 340 g/mol. The van der Waals surface area contributed by atoms with Crippen LogP contribution in [0.2, 0.25) is 0 Å². The fraction of sp³-hybridized carbons (Fsp3) is 0.522. The van der Waals surface area contributed by atoms with E-state index in [0.717, 1.165) is 18.6 Å². The molecule has 0 aliphatic heterocycles. The van der Waals surface area contributed by atoms with Crippen molar-refractivity contribution in [2.45, 2.75) is 66.2 Å². The van der Waals surface area contributed by atoms with Crippen LogP contribution in [0.15, 0.2) is 35.7 Å². The predicted molar refractivity (Wildman–Crippen MR) is 111 cm³/mol. The van der Waals surface area contributed by atoms with Gasteiger partial charge in [-0.25, -0.2) is 0 Å². The van der Waals surface area contributed by atoms with Crippen molar-refractivity contribution in [1.29, 1.82) is 0 Å². The van der Waals surface area contributed by atoms with Gasteiger partial charge in [0.05, 0.1) is 0 Å². The third-order valence-electron chi connectivity index (χ3n) is 4.92. The third kappa shape index (κ3) is 5.70. The van der Waals surface area contributed by atoms with Crippen molar-refractivity contribution >= 4 is 17.1 Å². The summed E-state index contributed by atoms with van der Waals surface area (Å²) in [5, 5.41) is 2.16. The Morgan fingerprint density at radius 3 is 2.54 bits per heavy atom. The number of aryl methyl sites for hydroxylation is 2. The Balaban J connectivity index is 2.00. The topological polar surface area (TPSA) is 26.3 Å². The van der Waals surface area contributed by atoms with Crippen molar-refractivity contribution in [2.24, 2.45) is 5.41 Å². The molecule has 0 radical (unpaired) electrons. The number of ketones is 1. The number of ether oxygens (including phenoxy) is 1. The first-order valence-electron chi connectivity index (χ1n) is 9.66. The van der Waals surface area contributed by atoms with Crippen molar-refractivity contribution in [3.8, 4) is 5.75 Å². The Bertz CT molecular complexity index is 695. The van der Waals surface area contributed by atoms with Gasteiger partial charge in [0, 0.05) is 10.3 Å². The van der Waals surface area contributed by atoms with Gasteiger partial charge in [0.1, 0.15) is 12.4 Å². The highest BCUT2D eigenvalue weighted by Gasteiger charge is 2.22. The smallest absolute Gasteiger partial charge is 0.175 e. The lowest BCUT2D eigenvalue weighted by Gasteiger charge is -2.18. The Morgan fingerprint density at radius 2 is 1.96 bits per heavy atom. The molecule has 26 heavy (non-hydrogen) atoms. The molecule has 2 nitrogen and oxygen atoms in total. The minimum atomic E-state index is -0.358. The lowest BCUT2D eigenvalue weighted by molar-refractivity contribution is -0.128. The number of Topliss-reactive ketones (excluding diaryl/α,β-unsaturated/α-hetero) is 1. The molecule has 3 heteroatoms. The van der Waals surface area contributed by atoms with Crippen LogP contribution in [-0.2, 0) is 17.6 Å². The van der Waals surface area contributed by atoms with Gasteiger partial charge in [0.15, 0.2) is 5.78 Å². The van der Waals surface area contributed by atoms with Crippen molar-refractivity contribution in [3.63, 3.8) is 0 Å². The SMILES string of the molecule is CCc1cc(CCC(CC)c2cccs2)ccc1OCC(=O)C(C)(C)C. The second-order valence-electron chi connectivity index (χ2n) is 7.92. The molecule has 2 rings (SSSR count). The Labute approximate surface area is 162 Å². The van der Waals surface area contributed by atoms with Gasteiger partial charge >= 0.3 is 0 Å². The number of benzene rings is 1. The summed E-state index contributed by atoms with van der Waals surface area (Å²) in [4.78, 5) is 13.6. The summed E-state index contributed by atoms with van der Waals surface area (Å²) in [7, 11) is 0. The van der Waals surface area contributed by atoms with E-state index in [1.807, 2.05) is 38.2 Å². The fourth-order valence-corrected chi connectivity index (χ4v) is 3.93. The lowest BCUT2D eigenvalue weighted by atomic mass is 9.91. The van der Waals surface area contributed by atoms with Crippen molar-refractivity contribution < 1.29 is 9.53 Å². The van der Waals surface area contributed by atoms with E-state index in [9.17, 15) is 4.79 Å². The van der Waals surface area contributed by atoms with E-state index in [1.165, 1.54) is 28.8 Å². The van der Waals surface area contributed by atoms with Gasteiger partial charge < -0.3 is 4.74 Å². The van der Waals surface area contributed by atoms with Crippen LogP contribution in [0.25, 0.3) is 0 Å². The first-order valence-corrected chi connectivity index (χ1v) is 10.5. The number of rotatable bonds is 9. The molecule has 1 heterocycles. The van der Waals surface area contributed by atoms with Gasteiger partial charge in [-0.2, -0.15) is 0 Å². The molecule has 142 valence electrons. The molecule has 0 amide bonds. The maximum atomic E-state index is 12.1. The van der Waals surface area contributed by atoms with Crippen LogP contribution in [0, 0.1) is 5.41 Å². The Kier molecular flexibility index (Phi) is 7.45. The molecule has 0 bridgehead atoms. The highest BCUT2D eigenvalue weighted by Crippen LogP contribution is 2.30. The normalized spacial score (nSPS) is 12.8. The monoisotopic (exact) mass is 372 g/mol. The van der Waals surface area contributed by atoms with Crippen LogP contribution in [0.1, 0.15) is 69.4 Å². The summed E-state index contributed by atoms with van der Waals surface area (Å²) >= 11 is 1.86. The van der Waals surface area contributed by atoms with E-state index in [2.05, 4.69) is 43.5 Å². The molecule has 0 saturated carbocycles. The number of carbonyl (C=O) groups is 1. The largest absolute Gasteiger partial charge is 0.486 e. The van der Waals surface area contributed by atoms with Crippen molar-refractivity contribution in [2.75, 3.05) is 6.61 Å². The summed E-state index contributed by atoms with van der Waals surface area (Å²) in [6.45, 7) is 10.3. The molecule has 0 aliphatic carbocycles. The maximum absolute atomic E-state index is 12.1. The van der Waals surface area contributed by atoms with Gasteiger partial charge in [0.25, 0.3) is 0 Å². The van der Waals surface area contributed by atoms with Gasteiger partial charge in [-0.15, -0.1) is 11.3 Å². The van der Waals surface area contributed by atoms with Gasteiger partial charge in [0.2, 0.25) is 0 Å². The molecule has 1 aromatic carbocycles. The first kappa shape index (κ1) is 20.7. The average Bonchev–Trinajstić information content (AvgIpc) is 3.14. The number of hydrogen-bond donors (Lipinski definition) is 0. The molecule has 1 atom stereocenters. The minimum absolute atomic E-state index is 0.130. The highest BCUT2D eigenvalue weighted by atomic mass is 32.1. The quantitative estimate of drug-likeness (QED) is 0.507. The first-order chi connectivity index (χ1) is 12.3. The maximum Gasteiger partial charge on any atom is 0.175 e. The number of carbonyl (C=O) groups excluding carboxylic acids is 1. The van der Waals surface area contributed by atoms with E-state index >= 15 is 0 Å². The zero-order valence-electron chi connectivity index (χ0n) is 16.8. The van der Waals surface area contributed by atoms with Crippen LogP contribution in [-0.4, -0.2) is 12.4 Å². The summed E-state index contributed by atoms with van der Waals surface area (Å²) in [6, 6.07) is 10.8.